The first-order chi connectivity index (χ1) is 13.0. The van der Waals surface area contributed by atoms with Gasteiger partial charge in [0.25, 0.3) is 5.22 Å². The van der Waals surface area contributed by atoms with Gasteiger partial charge in [-0.2, -0.15) is 4.31 Å². The lowest BCUT2D eigenvalue weighted by Gasteiger charge is -2.26. The number of carbonyl (C=O) groups is 1. The molecule has 2 aromatic rings. The second kappa shape index (κ2) is 7.58. The van der Waals surface area contributed by atoms with Gasteiger partial charge in [0, 0.05) is 25.1 Å². The number of benzene rings is 1. The van der Waals surface area contributed by atoms with Crippen LogP contribution in [0.25, 0.3) is 11.5 Å². The van der Waals surface area contributed by atoms with E-state index >= 15 is 0 Å². The highest BCUT2D eigenvalue weighted by Crippen LogP contribution is 2.31. The van der Waals surface area contributed by atoms with Crippen LogP contribution in [0.4, 0.5) is 0 Å². The third-order valence-electron chi connectivity index (χ3n) is 4.23. The number of hydrogen-bond donors (Lipinski definition) is 0. The maximum Gasteiger partial charge on any atom is 0.319 e. The highest BCUT2D eigenvalue weighted by molar-refractivity contribution is 8.00. The number of aromatic nitrogens is 2. The normalized spacial score (nSPS) is 21.3. The van der Waals surface area contributed by atoms with Gasteiger partial charge >= 0.3 is 5.97 Å². The summed E-state index contributed by atoms with van der Waals surface area (Å²) in [5.74, 6) is -0.0961. The molecule has 0 saturated carbocycles. The highest BCUT2D eigenvalue weighted by atomic mass is 32.2. The lowest BCUT2D eigenvalue weighted by molar-refractivity contribution is -0.137. The fraction of sp³-hybridized carbons (Fsp3) is 0.438. The Kier molecular flexibility index (Phi) is 5.17. The third-order valence-corrected chi connectivity index (χ3v) is 7.20. The van der Waals surface area contributed by atoms with E-state index in [0.29, 0.717) is 44.9 Å². The summed E-state index contributed by atoms with van der Waals surface area (Å²) in [5, 5.41) is 7.80. The average molecular weight is 411 g/mol. The fourth-order valence-corrected chi connectivity index (χ4v) is 5.10. The molecule has 2 fully saturated rings. The Labute approximate surface area is 160 Å². The van der Waals surface area contributed by atoms with Gasteiger partial charge in [-0.25, -0.2) is 8.42 Å². The molecule has 1 aromatic heterocycles. The zero-order valence-electron chi connectivity index (χ0n) is 14.2. The predicted octanol–water partition coefficient (Wildman–Crippen LogP) is 1.17. The topological polar surface area (TPSA) is 112 Å². The van der Waals surface area contributed by atoms with Gasteiger partial charge in [-0.1, -0.05) is 6.07 Å². The van der Waals surface area contributed by atoms with Crippen LogP contribution in [-0.2, 0) is 24.3 Å². The number of nitrogens with zero attached hydrogens (tertiary/aromatic N) is 3. The van der Waals surface area contributed by atoms with Crippen LogP contribution in [0.3, 0.4) is 0 Å². The van der Waals surface area contributed by atoms with Crippen LogP contribution in [0.15, 0.2) is 38.8 Å². The summed E-state index contributed by atoms with van der Waals surface area (Å²) in [6, 6.07) is 6.38. The van der Waals surface area contributed by atoms with E-state index in [1.807, 2.05) is 0 Å². The van der Waals surface area contributed by atoms with Gasteiger partial charge in [-0.3, -0.25) is 4.79 Å². The molecule has 0 aliphatic carbocycles. The Bertz CT molecular complexity index is 939. The molecule has 2 aliphatic rings. The lowest BCUT2D eigenvalue weighted by atomic mass is 10.2. The molecule has 27 heavy (non-hydrogen) atoms. The van der Waals surface area contributed by atoms with E-state index in [9.17, 15) is 13.2 Å². The maximum atomic E-state index is 12.8. The van der Waals surface area contributed by atoms with Crippen LogP contribution in [0.1, 0.15) is 6.42 Å². The second-order valence-corrected chi connectivity index (χ2v) is 9.07. The van der Waals surface area contributed by atoms with Crippen molar-refractivity contribution in [2.24, 2.45) is 0 Å². The standard InChI is InChI=1S/C16H17N3O6S2/c20-15-13(4-7-24-15)26-16-18-17-14(25-16)11-2-1-3-12(10-11)27(21,22)19-5-8-23-9-6-19/h1-3,10,13H,4-9H2/t13-/m0/s1. The van der Waals surface area contributed by atoms with Crippen LogP contribution in [0, 0.1) is 0 Å². The number of hydrogen-bond acceptors (Lipinski definition) is 9. The minimum atomic E-state index is -3.61. The van der Waals surface area contributed by atoms with E-state index in [1.165, 1.54) is 16.4 Å². The minimum Gasteiger partial charge on any atom is -0.465 e. The van der Waals surface area contributed by atoms with Gasteiger partial charge in [-0.05, 0) is 30.0 Å². The van der Waals surface area contributed by atoms with E-state index < -0.39 is 10.0 Å². The maximum absolute atomic E-state index is 12.8. The number of carbonyl (C=O) groups excluding carboxylic acids is 1. The molecule has 144 valence electrons. The monoisotopic (exact) mass is 411 g/mol. The smallest absolute Gasteiger partial charge is 0.319 e. The molecule has 2 saturated heterocycles. The molecule has 4 rings (SSSR count). The van der Waals surface area contributed by atoms with E-state index in [4.69, 9.17) is 13.9 Å². The molecule has 1 atom stereocenters. The van der Waals surface area contributed by atoms with E-state index in [1.54, 1.807) is 12.1 Å². The van der Waals surface area contributed by atoms with Crippen molar-refractivity contribution in [2.45, 2.75) is 21.8 Å². The Balaban J connectivity index is 1.55. The van der Waals surface area contributed by atoms with Crippen molar-refractivity contribution in [1.82, 2.24) is 14.5 Å². The number of rotatable bonds is 5. The molecule has 0 amide bonds. The fourth-order valence-electron chi connectivity index (χ4n) is 2.81. The molecule has 2 aliphatic heterocycles. The predicted molar refractivity (Wildman–Crippen MR) is 94.5 cm³/mol. The summed E-state index contributed by atoms with van der Waals surface area (Å²) in [7, 11) is -3.61. The van der Waals surface area contributed by atoms with Gasteiger partial charge in [-0.15, -0.1) is 10.2 Å². The van der Waals surface area contributed by atoms with E-state index in [0.717, 1.165) is 11.8 Å². The number of cyclic esters (lactones) is 1. The van der Waals surface area contributed by atoms with Crippen LogP contribution >= 0.6 is 11.8 Å². The van der Waals surface area contributed by atoms with Crippen LogP contribution in [-0.4, -0.2) is 67.0 Å². The molecular weight excluding hydrogens is 394 g/mol. The number of morpholine rings is 1. The number of thioether (sulfide) groups is 1. The first kappa shape index (κ1) is 18.4. The summed E-state index contributed by atoms with van der Waals surface area (Å²) >= 11 is 1.15. The number of esters is 1. The van der Waals surface area contributed by atoms with Gasteiger partial charge in [0.1, 0.15) is 5.25 Å². The van der Waals surface area contributed by atoms with Crippen molar-refractivity contribution in [2.75, 3.05) is 32.9 Å². The summed E-state index contributed by atoms with van der Waals surface area (Å²) in [6.45, 7) is 1.80. The zero-order valence-corrected chi connectivity index (χ0v) is 15.9. The zero-order chi connectivity index (χ0) is 18.9. The van der Waals surface area contributed by atoms with Crippen LogP contribution in [0.2, 0.25) is 0 Å². The highest BCUT2D eigenvalue weighted by Gasteiger charge is 2.30. The summed E-state index contributed by atoms with van der Waals surface area (Å²) in [6.07, 6.45) is 0.592. The molecule has 0 unspecified atom stereocenters. The Morgan fingerprint density at radius 3 is 2.70 bits per heavy atom. The molecule has 11 heteroatoms. The van der Waals surface area contributed by atoms with Crippen molar-refractivity contribution in [3.05, 3.63) is 24.3 Å². The molecule has 9 nitrogen and oxygen atoms in total. The van der Waals surface area contributed by atoms with Crippen molar-refractivity contribution >= 4 is 27.8 Å². The Hall–Kier alpha value is -1.95. The number of sulfonamides is 1. The Morgan fingerprint density at radius 2 is 1.96 bits per heavy atom. The van der Waals surface area contributed by atoms with E-state index in [2.05, 4.69) is 10.2 Å². The van der Waals surface area contributed by atoms with Gasteiger partial charge in [0.2, 0.25) is 15.9 Å². The van der Waals surface area contributed by atoms with Gasteiger partial charge < -0.3 is 13.9 Å². The SMILES string of the molecule is O=C1OCC[C@@H]1Sc1nnc(-c2cccc(S(=O)(=O)N3CCOCC3)c2)o1. The largest absolute Gasteiger partial charge is 0.465 e. The van der Waals surface area contributed by atoms with Gasteiger partial charge in [0.15, 0.2) is 0 Å². The summed E-state index contributed by atoms with van der Waals surface area (Å²) < 4.78 is 42.7. The molecule has 0 spiro atoms. The Morgan fingerprint density at radius 1 is 1.15 bits per heavy atom. The molecule has 0 N–H and O–H groups in total. The van der Waals surface area contributed by atoms with Crippen LogP contribution in [0.5, 0.6) is 0 Å². The third kappa shape index (κ3) is 3.86. The first-order valence-electron chi connectivity index (χ1n) is 8.39. The lowest BCUT2D eigenvalue weighted by Crippen LogP contribution is -2.40. The van der Waals surface area contributed by atoms with Gasteiger partial charge in [0.05, 0.1) is 24.7 Å². The van der Waals surface area contributed by atoms with E-state index in [-0.39, 0.29) is 27.2 Å². The molecular formula is C16H17N3O6S2. The van der Waals surface area contributed by atoms with Crippen molar-refractivity contribution in [1.29, 1.82) is 0 Å². The molecule has 0 radical (unpaired) electrons. The minimum absolute atomic E-state index is 0.161. The van der Waals surface area contributed by atoms with Crippen molar-refractivity contribution < 1.29 is 27.1 Å². The van der Waals surface area contributed by atoms with Crippen molar-refractivity contribution in [3.63, 3.8) is 0 Å². The first-order valence-corrected chi connectivity index (χ1v) is 10.7. The molecule has 1 aromatic carbocycles. The second-order valence-electron chi connectivity index (χ2n) is 5.98. The van der Waals surface area contributed by atoms with Crippen LogP contribution < -0.4 is 0 Å². The van der Waals surface area contributed by atoms with Crippen molar-refractivity contribution in [3.8, 4) is 11.5 Å². The number of ether oxygens (including phenoxy) is 2. The summed E-state index contributed by atoms with van der Waals surface area (Å²) in [4.78, 5) is 11.7. The molecule has 0 bridgehead atoms. The quantitative estimate of drug-likeness (QED) is 0.669. The average Bonchev–Trinajstić information content (AvgIpc) is 3.32. The summed E-state index contributed by atoms with van der Waals surface area (Å²) in [5.41, 5.74) is 0.498. The molecule has 3 heterocycles.